The minimum atomic E-state index is -5.11. The summed E-state index contributed by atoms with van der Waals surface area (Å²) in [5.41, 5.74) is -6.05. The van der Waals surface area contributed by atoms with Gasteiger partial charge in [0.05, 0.1) is 58.9 Å². The van der Waals surface area contributed by atoms with Crippen LogP contribution in [0.4, 0.5) is 37.7 Å². The van der Waals surface area contributed by atoms with E-state index in [1.54, 1.807) is 6.92 Å². The normalized spacial score (nSPS) is 14.3. The van der Waals surface area contributed by atoms with Gasteiger partial charge in [-0.25, -0.2) is 43.4 Å². The lowest BCUT2D eigenvalue weighted by atomic mass is 10.0. The van der Waals surface area contributed by atoms with E-state index in [0.29, 0.717) is 14.9 Å². The van der Waals surface area contributed by atoms with Crippen LogP contribution >= 0.6 is 0 Å². The van der Waals surface area contributed by atoms with Crippen molar-refractivity contribution in [2.24, 2.45) is 0 Å². The number of benzene rings is 2. The summed E-state index contributed by atoms with van der Waals surface area (Å²) >= 11 is 0. The smallest absolute Gasteiger partial charge is 0.419 e. The number of esters is 1. The first kappa shape index (κ1) is 48.4. The van der Waals surface area contributed by atoms with Crippen LogP contribution in [-0.4, -0.2) is 87.9 Å². The van der Waals surface area contributed by atoms with Crippen LogP contribution < -0.4 is 8.61 Å². The largest absolute Gasteiger partial charge is 0.504 e. The molecule has 0 bridgehead atoms. The Kier molecular flexibility index (Phi) is 14.0. The van der Waals surface area contributed by atoms with Crippen LogP contribution in [0.15, 0.2) is 73.1 Å². The molecule has 5 rings (SSSR count). The molecule has 61 heavy (non-hydrogen) atoms. The van der Waals surface area contributed by atoms with E-state index in [9.17, 15) is 69.9 Å². The lowest BCUT2D eigenvalue weighted by molar-refractivity contribution is -0.138. The highest BCUT2D eigenvalue weighted by Crippen LogP contribution is 2.46. The standard InChI is InChI=1S/C19H21F3N2O6S2.C17H15F3N2O5S2/c1-4-30-18(25)17-14(8-6-10-23-17)12-32(28,29)11-13-7-5-9-15(16(13)19(20,21)22)24(2)31(3,26)27;1-22(28(2,24)25)12-7-3-6-11(13(12)17(18,19)20)16-15(23)14-10(5-4-8-21-14)9-29(16,26)27/h5-10H,4,11-12H2,1-3H3;3-8,23H,9H2,1-2H3. The number of rotatable bonds is 11. The Morgan fingerprint density at radius 1 is 0.754 bits per heavy atom. The summed E-state index contributed by atoms with van der Waals surface area (Å²) in [7, 11) is -14.9. The lowest BCUT2D eigenvalue weighted by Gasteiger charge is -2.26. The number of anilines is 2. The van der Waals surface area contributed by atoms with Crippen molar-refractivity contribution in [2.45, 2.75) is 36.5 Å². The summed E-state index contributed by atoms with van der Waals surface area (Å²) in [6.45, 7) is 1.58. The van der Waals surface area contributed by atoms with E-state index < -0.39 is 120 Å². The zero-order valence-electron chi connectivity index (χ0n) is 32.5. The molecule has 2 aromatic heterocycles. The molecule has 25 heteroatoms. The van der Waals surface area contributed by atoms with Gasteiger partial charge in [-0.2, -0.15) is 26.3 Å². The monoisotopic (exact) mass is 942 g/mol. The Morgan fingerprint density at radius 2 is 1.25 bits per heavy atom. The van der Waals surface area contributed by atoms with Crippen molar-refractivity contribution in [2.75, 3.05) is 41.8 Å². The molecular formula is C36H36F6N4O11S4. The number of hydrogen-bond acceptors (Lipinski definition) is 13. The second-order valence-electron chi connectivity index (χ2n) is 13.2. The fraction of sp³-hybridized carbons (Fsp3) is 0.306. The van der Waals surface area contributed by atoms with Crippen LogP contribution in [-0.2, 0) is 74.1 Å². The maximum Gasteiger partial charge on any atom is 0.419 e. The van der Waals surface area contributed by atoms with Crippen molar-refractivity contribution in [3.05, 3.63) is 118 Å². The zero-order valence-corrected chi connectivity index (χ0v) is 35.7. The number of aliphatic hydroxyl groups is 1. The maximum absolute atomic E-state index is 14.0. The third-order valence-electron chi connectivity index (χ3n) is 8.75. The topological polar surface area (TPSA) is 215 Å². The molecule has 0 aliphatic carbocycles. The molecular weight excluding hydrogens is 907 g/mol. The molecule has 332 valence electrons. The number of sulfone groups is 2. The number of halogens is 6. The zero-order chi connectivity index (χ0) is 46.1. The van der Waals surface area contributed by atoms with Gasteiger partial charge in [0, 0.05) is 37.6 Å². The van der Waals surface area contributed by atoms with E-state index in [2.05, 4.69) is 9.97 Å². The SMILES string of the molecule is CCOC(=O)c1ncccc1CS(=O)(=O)Cc1cccc(N(C)S(C)(=O)=O)c1C(F)(F)F.CN(c1cccc(C2=C(O)c3ncccc3CS2(=O)=O)c1C(F)(F)F)S(C)(=O)=O. The van der Waals surface area contributed by atoms with Gasteiger partial charge in [-0.15, -0.1) is 0 Å². The number of carbonyl (C=O) groups excluding carboxylic acids is 1. The van der Waals surface area contributed by atoms with Gasteiger partial charge in [0.15, 0.2) is 31.1 Å². The molecule has 0 saturated heterocycles. The van der Waals surface area contributed by atoms with Gasteiger partial charge in [0.1, 0.15) is 10.6 Å². The third-order valence-corrected chi connectivity index (χ3v) is 14.4. The summed E-state index contributed by atoms with van der Waals surface area (Å²) < 4.78 is 187. The molecule has 15 nitrogen and oxygen atoms in total. The molecule has 0 unspecified atom stereocenters. The third kappa shape index (κ3) is 11.2. The molecule has 1 aliphatic rings. The van der Waals surface area contributed by atoms with Crippen LogP contribution in [0.5, 0.6) is 0 Å². The number of ether oxygens (including phenoxy) is 1. The summed E-state index contributed by atoms with van der Waals surface area (Å²) in [5, 5.41) is 10.5. The highest BCUT2D eigenvalue weighted by Gasteiger charge is 2.44. The van der Waals surface area contributed by atoms with E-state index >= 15 is 0 Å². The summed E-state index contributed by atoms with van der Waals surface area (Å²) in [6.07, 6.45) is -6.16. The van der Waals surface area contributed by atoms with E-state index in [-0.39, 0.29) is 29.1 Å². The van der Waals surface area contributed by atoms with E-state index in [0.717, 1.165) is 56.7 Å². The van der Waals surface area contributed by atoms with Crippen molar-refractivity contribution in [3.63, 3.8) is 0 Å². The van der Waals surface area contributed by atoms with Gasteiger partial charge in [0.2, 0.25) is 20.0 Å². The van der Waals surface area contributed by atoms with Crippen molar-refractivity contribution < 1.29 is 74.7 Å². The second kappa shape index (κ2) is 17.6. The average Bonchev–Trinajstić information content (AvgIpc) is 3.12. The summed E-state index contributed by atoms with van der Waals surface area (Å²) in [5.74, 6) is -4.23. The number of nitrogens with zero attached hydrogens (tertiary/aromatic N) is 4. The van der Waals surface area contributed by atoms with Crippen molar-refractivity contribution in [1.82, 2.24) is 9.97 Å². The van der Waals surface area contributed by atoms with Crippen LogP contribution in [0.1, 0.15) is 56.5 Å². The van der Waals surface area contributed by atoms with Crippen LogP contribution in [0.25, 0.3) is 10.7 Å². The van der Waals surface area contributed by atoms with E-state index in [1.807, 2.05) is 0 Å². The Hall–Kier alpha value is -5.27. The Bertz CT molecular complexity index is 2830. The fourth-order valence-electron chi connectivity index (χ4n) is 6.00. The molecule has 3 heterocycles. The van der Waals surface area contributed by atoms with E-state index in [1.165, 1.54) is 36.7 Å². The van der Waals surface area contributed by atoms with Gasteiger partial charge in [0.25, 0.3) is 0 Å². The number of fused-ring (bicyclic) bond motifs is 1. The maximum atomic E-state index is 14.0. The lowest BCUT2D eigenvalue weighted by Crippen LogP contribution is -2.28. The van der Waals surface area contributed by atoms with Gasteiger partial charge < -0.3 is 9.84 Å². The van der Waals surface area contributed by atoms with Gasteiger partial charge in [-0.3, -0.25) is 13.6 Å². The Balaban J connectivity index is 0.000000270. The van der Waals surface area contributed by atoms with Crippen LogP contribution in [0.2, 0.25) is 0 Å². The minimum absolute atomic E-state index is 0.0242. The van der Waals surface area contributed by atoms with E-state index in [4.69, 9.17) is 4.74 Å². The first-order chi connectivity index (χ1) is 27.9. The molecule has 2 aromatic carbocycles. The number of aliphatic hydroxyl groups excluding tert-OH is 1. The number of hydrogen-bond donors (Lipinski definition) is 1. The predicted octanol–water partition coefficient (Wildman–Crippen LogP) is 5.60. The number of aromatic nitrogens is 2. The van der Waals surface area contributed by atoms with Gasteiger partial charge in [-0.05, 0) is 42.3 Å². The molecule has 1 N–H and O–H groups in total. The highest BCUT2D eigenvalue weighted by atomic mass is 32.2. The quantitative estimate of drug-likeness (QED) is 0.143. The predicted molar refractivity (Wildman–Crippen MR) is 212 cm³/mol. The summed E-state index contributed by atoms with van der Waals surface area (Å²) in [4.78, 5) is 18.8. The van der Waals surface area contributed by atoms with Gasteiger partial charge in [-0.1, -0.05) is 36.4 Å². The number of alkyl halides is 6. The molecule has 1 aliphatic heterocycles. The Labute approximate surface area is 347 Å². The summed E-state index contributed by atoms with van der Waals surface area (Å²) in [6, 6.07) is 11.5. The first-order valence-electron chi connectivity index (χ1n) is 17.1. The van der Waals surface area contributed by atoms with Gasteiger partial charge >= 0.3 is 18.3 Å². The number of sulfonamides is 2. The fourth-order valence-corrected chi connectivity index (χ4v) is 10.2. The van der Waals surface area contributed by atoms with Crippen LogP contribution in [0.3, 0.4) is 0 Å². The number of carbonyl (C=O) groups is 1. The molecule has 0 saturated carbocycles. The first-order valence-corrected chi connectivity index (χ1v) is 24.3. The number of pyridine rings is 2. The molecule has 0 fully saturated rings. The molecule has 0 spiro atoms. The van der Waals surface area contributed by atoms with Crippen LogP contribution in [0, 0.1) is 0 Å². The highest BCUT2D eigenvalue weighted by molar-refractivity contribution is 8.00. The molecule has 0 atom stereocenters. The second-order valence-corrected chi connectivity index (χ2v) is 21.2. The average molecular weight is 943 g/mol. The van der Waals surface area contributed by atoms with Crippen molar-refractivity contribution in [3.8, 4) is 0 Å². The van der Waals surface area contributed by atoms with Crippen molar-refractivity contribution >= 4 is 67.7 Å². The minimum Gasteiger partial charge on any atom is -0.504 e. The Morgan fingerprint density at radius 3 is 1.79 bits per heavy atom. The van der Waals surface area contributed by atoms with Crippen molar-refractivity contribution in [1.29, 1.82) is 0 Å². The molecule has 0 radical (unpaired) electrons. The molecule has 4 aromatic rings. The molecule has 0 amide bonds.